The third-order valence-corrected chi connectivity index (χ3v) is 2.71. The molecule has 1 saturated heterocycles. The molecule has 0 aromatic carbocycles. The first-order valence-electron chi connectivity index (χ1n) is 7.58. The highest BCUT2D eigenvalue weighted by molar-refractivity contribution is 5.76. The Balaban J connectivity index is 0. The van der Waals surface area contributed by atoms with Crippen molar-refractivity contribution in [1.82, 2.24) is 10.2 Å². The van der Waals surface area contributed by atoms with Gasteiger partial charge in [-0.05, 0) is 0 Å². The van der Waals surface area contributed by atoms with Crippen molar-refractivity contribution in [3.63, 3.8) is 0 Å². The Bertz CT molecular complexity index is 456. The third-order valence-electron chi connectivity index (χ3n) is 2.71. The van der Waals surface area contributed by atoms with E-state index in [4.69, 9.17) is 30.3 Å². The molecule has 1 rings (SSSR count). The predicted octanol–water partition coefficient (Wildman–Crippen LogP) is 0.0502. The van der Waals surface area contributed by atoms with Crippen molar-refractivity contribution >= 4 is 17.8 Å². The SMILES string of the molecule is NCCC(=O)NCCN1CCOCC1.O=C(O)C(F)(F)F.O=C(O)C(F)(F)F. The lowest BCUT2D eigenvalue weighted by Crippen LogP contribution is -2.41. The van der Waals surface area contributed by atoms with Crippen molar-refractivity contribution in [3.05, 3.63) is 0 Å². The molecule has 0 aliphatic carbocycles. The number of hydrogen-bond acceptors (Lipinski definition) is 6. The second-order valence-electron chi connectivity index (χ2n) is 4.95. The summed E-state index contributed by atoms with van der Waals surface area (Å²) in [4.78, 5) is 31.1. The molecule has 0 spiro atoms. The van der Waals surface area contributed by atoms with Crippen LogP contribution in [0.25, 0.3) is 0 Å². The molecule has 28 heavy (non-hydrogen) atoms. The molecule has 0 aromatic heterocycles. The Kier molecular flexibility index (Phi) is 14.0. The minimum absolute atomic E-state index is 0.0424. The Labute approximate surface area is 155 Å². The number of nitrogens with two attached hydrogens (primary N) is 1. The lowest BCUT2D eigenvalue weighted by atomic mass is 10.4. The van der Waals surface area contributed by atoms with Gasteiger partial charge in [-0.3, -0.25) is 9.69 Å². The van der Waals surface area contributed by atoms with Gasteiger partial charge < -0.3 is 26.0 Å². The predicted molar refractivity (Wildman–Crippen MR) is 81.3 cm³/mol. The van der Waals surface area contributed by atoms with Crippen molar-refractivity contribution in [3.8, 4) is 0 Å². The fourth-order valence-electron chi connectivity index (χ4n) is 1.40. The highest BCUT2D eigenvalue weighted by atomic mass is 19.4. The minimum Gasteiger partial charge on any atom is -0.475 e. The maximum absolute atomic E-state index is 11.1. The van der Waals surface area contributed by atoms with Gasteiger partial charge in [0.1, 0.15) is 0 Å². The number of carbonyl (C=O) groups excluding carboxylic acids is 1. The van der Waals surface area contributed by atoms with Crippen LogP contribution in [0.3, 0.4) is 0 Å². The molecular formula is C13H21F6N3O6. The molecule has 9 nitrogen and oxygen atoms in total. The monoisotopic (exact) mass is 429 g/mol. The highest BCUT2D eigenvalue weighted by Crippen LogP contribution is 2.13. The summed E-state index contributed by atoms with van der Waals surface area (Å²) in [6.07, 6.45) is -9.75. The second kappa shape index (κ2) is 14.0. The topological polar surface area (TPSA) is 142 Å². The smallest absolute Gasteiger partial charge is 0.475 e. The van der Waals surface area contributed by atoms with Gasteiger partial charge in [0, 0.05) is 39.1 Å². The summed E-state index contributed by atoms with van der Waals surface area (Å²) in [6.45, 7) is 5.56. The van der Waals surface area contributed by atoms with E-state index in [0.29, 0.717) is 19.5 Å². The summed E-state index contributed by atoms with van der Waals surface area (Å²) in [5, 5.41) is 17.1. The number of carboxylic acid groups (broad SMARTS) is 2. The number of nitrogens with one attached hydrogen (secondary N) is 1. The summed E-state index contributed by atoms with van der Waals surface area (Å²) in [7, 11) is 0. The molecule has 1 aliphatic rings. The van der Waals surface area contributed by atoms with Gasteiger partial charge in [0.15, 0.2) is 0 Å². The van der Waals surface area contributed by atoms with Gasteiger partial charge in [0.2, 0.25) is 5.91 Å². The Morgan fingerprint density at radius 3 is 1.68 bits per heavy atom. The summed E-state index contributed by atoms with van der Waals surface area (Å²) in [5.41, 5.74) is 5.26. The van der Waals surface area contributed by atoms with Crippen LogP contribution in [0.15, 0.2) is 0 Å². The third kappa shape index (κ3) is 17.3. The molecular weight excluding hydrogens is 408 g/mol. The van der Waals surface area contributed by atoms with Crippen LogP contribution in [0.4, 0.5) is 26.3 Å². The average molecular weight is 429 g/mol. The first-order chi connectivity index (χ1) is 12.7. The molecule has 1 aliphatic heterocycles. The van der Waals surface area contributed by atoms with Gasteiger partial charge in [-0.15, -0.1) is 0 Å². The maximum Gasteiger partial charge on any atom is 0.490 e. The zero-order valence-electron chi connectivity index (χ0n) is 14.5. The van der Waals surface area contributed by atoms with Gasteiger partial charge in [0.25, 0.3) is 0 Å². The second-order valence-corrected chi connectivity index (χ2v) is 4.95. The molecule has 166 valence electrons. The van der Waals surface area contributed by atoms with Crippen LogP contribution in [0, 0.1) is 0 Å². The molecule has 1 fully saturated rings. The van der Waals surface area contributed by atoms with Crippen LogP contribution in [0.5, 0.6) is 0 Å². The van der Waals surface area contributed by atoms with Crippen LogP contribution < -0.4 is 11.1 Å². The first kappa shape index (κ1) is 28.1. The number of morpholine rings is 1. The van der Waals surface area contributed by atoms with Crippen LogP contribution >= 0.6 is 0 Å². The van der Waals surface area contributed by atoms with E-state index < -0.39 is 24.3 Å². The first-order valence-corrected chi connectivity index (χ1v) is 7.58. The van der Waals surface area contributed by atoms with Crippen molar-refractivity contribution in [2.45, 2.75) is 18.8 Å². The Morgan fingerprint density at radius 1 is 0.964 bits per heavy atom. The van der Waals surface area contributed by atoms with E-state index in [-0.39, 0.29) is 5.91 Å². The molecule has 0 radical (unpaired) electrons. The quantitative estimate of drug-likeness (QED) is 0.449. The van der Waals surface area contributed by atoms with Gasteiger partial charge in [-0.25, -0.2) is 9.59 Å². The lowest BCUT2D eigenvalue weighted by Gasteiger charge is -2.26. The average Bonchev–Trinajstić information content (AvgIpc) is 2.55. The number of nitrogens with zero attached hydrogens (tertiary/aromatic N) is 1. The van der Waals surface area contributed by atoms with Gasteiger partial charge in [-0.1, -0.05) is 0 Å². The number of ether oxygens (including phenoxy) is 1. The Morgan fingerprint density at radius 2 is 1.36 bits per heavy atom. The standard InChI is InChI=1S/C9H19N3O2.2C2HF3O2/c10-2-1-9(13)11-3-4-12-5-7-14-8-6-12;2*3-2(4,5)1(6)7/h1-8,10H2,(H,11,13);2*(H,6,7). The van der Waals surface area contributed by atoms with Crippen molar-refractivity contribution in [1.29, 1.82) is 0 Å². The number of rotatable bonds is 5. The Hall–Kier alpha value is -2.13. The van der Waals surface area contributed by atoms with Crippen LogP contribution in [0.2, 0.25) is 0 Å². The van der Waals surface area contributed by atoms with E-state index in [0.717, 1.165) is 32.8 Å². The number of aliphatic carboxylic acids is 2. The molecule has 0 unspecified atom stereocenters. The zero-order valence-corrected chi connectivity index (χ0v) is 14.5. The number of alkyl halides is 6. The fourth-order valence-corrected chi connectivity index (χ4v) is 1.40. The lowest BCUT2D eigenvalue weighted by molar-refractivity contribution is -0.193. The number of carbonyl (C=O) groups is 3. The number of amides is 1. The molecule has 1 amide bonds. The van der Waals surface area contributed by atoms with Crippen molar-refractivity contribution < 1.29 is 55.7 Å². The molecule has 0 saturated carbocycles. The van der Waals surface area contributed by atoms with Gasteiger partial charge >= 0.3 is 24.3 Å². The summed E-state index contributed by atoms with van der Waals surface area (Å²) >= 11 is 0. The van der Waals surface area contributed by atoms with E-state index >= 15 is 0 Å². The van der Waals surface area contributed by atoms with Crippen LogP contribution in [0.1, 0.15) is 6.42 Å². The van der Waals surface area contributed by atoms with E-state index in [9.17, 15) is 31.1 Å². The number of halogens is 6. The van der Waals surface area contributed by atoms with Crippen molar-refractivity contribution in [2.75, 3.05) is 45.9 Å². The molecule has 5 N–H and O–H groups in total. The molecule has 1 heterocycles. The summed E-state index contributed by atoms with van der Waals surface area (Å²) < 4.78 is 68.7. The van der Waals surface area contributed by atoms with E-state index in [1.807, 2.05) is 0 Å². The molecule has 0 atom stereocenters. The highest BCUT2D eigenvalue weighted by Gasteiger charge is 2.38. The fraction of sp³-hybridized carbons (Fsp3) is 0.769. The van der Waals surface area contributed by atoms with Crippen molar-refractivity contribution in [2.24, 2.45) is 5.73 Å². The summed E-state index contributed by atoms with van der Waals surface area (Å²) in [5.74, 6) is -5.47. The van der Waals surface area contributed by atoms with Crippen LogP contribution in [-0.2, 0) is 19.1 Å². The largest absolute Gasteiger partial charge is 0.490 e. The molecule has 0 aromatic rings. The number of hydrogen-bond donors (Lipinski definition) is 4. The van der Waals surface area contributed by atoms with Gasteiger partial charge in [-0.2, -0.15) is 26.3 Å². The normalized spacial score (nSPS) is 14.7. The van der Waals surface area contributed by atoms with Gasteiger partial charge in [0.05, 0.1) is 13.2 Å². The molecule has 15 heteroatoms. The van der Waals surface area contributed by atoms with E-state index in [2.05, 4.69) is 10.2 Å². The van der Waals surface area contributed by atoms with Crippen LogP contribution in [-0.4, -0.2) is 91.2 Å². The zero-order chi connectivity index (χ0) is 22.4. The maximum atomic E-state index is 11.1. The van der Waals surface area contributed by atoms with E-state index in [1.165, 1.54) is 0 Å². The molecule has 0 bridgehead atoms. The number of carboxylic acids is 2. The summed E-state index contributed by atoms with van der Waals surface area (Å²) in [6, 6.07) is 0. The minimum atomic E-state index is -5.08. The van der Waals surface area contributed by atoms with E-state index in [1.54, 1.807) is 0 Å².